The number of phosphoric ester groups is 1. The van der Waals surface area contributed by atoms with Crippen LogP contribution in [-0.2, 0) is 27.9 Å². The van der Waals surface area contributed by atoms with Crippen LogP contribution in [0, 0.1) is 0 Å². The molecular weight excluding hydrogens is 770 g/mol. The predicted molar refractivity (Wildman–Crippen MR) is 256 cm³/mol. The number of rotatable bonds is 48. The third kappa shape index (κ3) is 47.5. The third-order valence-electron chi connectivity index (χ3n) is 10.7. The number of nitrogens with two attached hydrogens (primary N) is 1. The van der Waals surface area contributed by atoms with Gasteiger partial charge in [-0.2, -0.15) is 0 Å². The Morgan fingerprint density at radius 3 is 1.42 bits per heavy atom. The van der Waals surface area contributed by atoms with Crippen molar-refractivity contribution < 1.29 is 32.8 Å². The Balaban J connectivity index is 3.92. The van der Waals surface area contributed by atoms with Crippen molar-refractivity contribution in [1.82, 2.24) is 0 Å². The van der Waals surface area contributed by atoms with Crippen LogP contribution >= 0.6 is 7.82 Å². The van der Waals surface area contributed by atoms with E-state index in [9.17, 15) is 14.3 Å². The molecule has 0 aromatic carbocycles. The minimum absolute atomic E-state index is 0.0972. The summed E-state index contributed by atoms with van der Waals surface area (Å²) in [7, 11) is -4.28. The second-order valence-electron chi connectivity index (χ2n) is 16.6. The van der Waals surface area contributed by atoms with E-state index < -0.39 is 13.9 Å². The molecular formula is C51H96NO7P. The highest BCUT2D eigenvalue weighted by Crippen LogP contribution is 2.43. The summed E-state index contributed by atoms with van der Waals surface area (Å²) in [6, 6.07) is 0. The minimum atomic E-state index is -4.28. The Hall–Kier alpha value is -1.54. The van der Waals surface area contributed by atoms with Gasteiger partial charge in [0.15, 0.2) is 0 Å². The lowest BCUT2D eigenvalue weighted by atomic mass is 10.0. The molecule has 60 heavy (non-hydrogen) atoms. The largest absolute Gasteiger partial charge is 0.472 e. The first-order valence-corrected chi connectivity index (χ1v) is 26.6. The first-order chi connectivity index (χ1) is 29.4. The molecule has 9 heteroatoms. The van der Waals surface area contributed by atoms with E-state index in [0.29, 0.717) is 13.0 Å². The lowest BCUT2D eigenvalue weighted by Gasteiger charge is -2.20. The van der Waals surface area contributed by atoms with E-state index in [4.69, 9.17) is 24.3 Å². The average molecular weight is 866 g/mol. The van der Waals surface area contributed by atoms with Crippen LogP contribution in [0.4, 0.5) is 0 Å². The van der Waals surface area contributed by atoms with Gasteiger partial charge in [0.05, 0.1) is 19.8 Å². The van der Waals surface area contributed by atoms with Crippen LogP contribution in [0.1, 0.15) is 232 Å². The van der Waals surface area contributed by atoms with Gasteiger partial charge in [-0.15, -0.1) is 0 Å². The molecule has 0 aromatic rings. The average Bonchev–Trinajstić information content (AvgIpc) is 3.24. The smallest absolute Gasteiger partial charge is 0.457 e. The molecule has 0 saturated carbocycles. The Kier molecular flexibility index (Phi) is 47.2. The Labute approximate surface area is 371 Å². The second-order valence-corrected chi connectivity index (χ2v) is 18.1. The van der Waals surface area contributed by atoms with Gasteiger partial charge in [-0.1, -0.05) is 204 Å². The van der Waals surface area contributed by atoms with E-state index in [-0.39, 0.29) is 32.3 Å². The zero-order chi connectivity index (χ0) is 43.7. The molecule has 0 radical (unpaired) electrons. The molecule has 0 aliphatic carbocycles. The topological polar surface area (TPSA) is 117 Å². The Morgan fingerprint density at radius 2 is 0.933 bits per heavy atom. The van der Waals surface area contributed by atoms with Crippen LogP contribution in [0.5, 0.6) is 0 Å². The number of carbonyl (C=O) groups excluding carboxylic acids is 1. The number of allylic oxidation sites excluding steroid dienone is 8. The van der Waals surface area contributed by atoms with E-state index in [1.54, 1.807) is 0 Å². The van der Waals surface area contributed by atoms with Gasteiger partial charge in [0.25, 0.3) is 0 Å². The van der Waals surface area contributed by atoms with Gasteiger partial charge in [-0.25, -0.2) is 4.57 Å². The fraction of sp³-hybridized carbons (Fsp3) is 0.824. The summed E-state index contributed by atoms with van der Waals surface area (Å²) in [4.78, 5) is 22.6. The molecule has 3 N–H and O–H groups in total. The number of unbranched alkanes of at least 4 members (excludes halogenated alkanes) is 27. The summed E-state index contributed by atoms with van der Waals surface area (Å²) in [5.41, 5.74) is 5.38. The van der Waals surface area contributed by atoms with E-state index in [0.717, 1.165) is 64.2 Å². The van der Waals surface area contributed by atoms with Gasteiger partial charge in [-0.3, -0.25) is 13.8 Å². The molecule has 0 spiro atoms. The predicted octanol–water partition coefficient (Wildman–Crippen LogP) is 15.5. The molecule has 0 amide bonds. The highest BCUT2D eigenvalue weighted by molar-refractivity contribution is 7.47. The molecule has 0 aliphatic heterocycles. The van der Waals surface area contributed by atoms with Gasteiger partial charge in [0, 0.05) is 19.6 Å². The molecule has 0 aliphatic rings. The molecule has 0 heterocycles. The van der Waals surface area contributed by atoms with Crippen molar-refractivity contribution in [3.05, 3.63) is 48.6 Å². The zero-order valence-electron chi connectivity index (χ0n) is 39.2. The van der Waals surface area contributed by atoms with Gasteiger partial charge < -0.3 is 20.1 Å². The normalized spacial score (nSPS) is 13.7. The SMILES string of the molecule is CC/C=C\C/C=C\C/C=C\CCCCCCCCOCC(COP(=O)(O)OCCN)OC(=O)CCCCCCCCCCCCCCC/C=C\CCCCCCCCCC. The third-order valence-corrected chi connectivity index (χ3v) is 11.7. The van der Waals surface area contributed by atoms with Crippen LogP contribution in [-0.4, -0.2) is 49.9 Å². The van der Waals surface area contributed by atoms with Crippen LogP contribution in [0.25, 0.3) is 0 Å². The number of carbonyl (C=O) groups is 1. The molecule has 0 rings (SSSR count). The number of hydrogen-bond donors (Lipinski definition) is 2. The fourth-order valence-corrected chi connectivity index (χ4v) is 7.83. The van der Waals surface area contributed by atoms with Crippen molar-refractivity contribution in [3.8, 4) is 0 Å². The van der Waals surface area contributed by atoms with Gasteiger partial charge in [0.1, 0.15) is 6.10 Å². The van der Waals surface area contributed by atoms with E-state index >= 15 is 0 Å². The van der Waals surface area contributed by atoms with Crippen LogP contribution in [0.15, 0.2) is 48.6 Å². The zero-order valence-corrected chi connectivity index (χ0v) is 40.1. The van der Waals surface area contributed by atoms with Gasteiger partial charge in [-0.05, 0) is 70.6 Å². The molecule has 2 atom stereocenters. The number of esters is 1. The van der Waals surface area contributed by atoms with E-state index in [1.165, 1.54) is 148 Å². The molecule has 8 nitrogen and oxygen atoms in total. The van der Waals surface area contributed by atoms with E-state index in [1.807, 2.05) is 0 Å². The van der Waals surface area contributed by atoms with Crippen LogP contribution in [0.3, 0.4) is 0 Å². The number of phosphoric acid groups is 1. The maximum Gasteiger partial charge on any atom is 0.472 e. The van der Waals surface area contributed by atoms with E-state index in [2.05, 4.69) is 62.5 Å². The van der Waals surface area contributed by atoms with Crippen molar-refractivity contribution in [1.29, 1.82) is 0 Å². The van der Waals surface area contributed by atoms with Crippen LogP contribution in [0.2, 0.25) is 0 Å². The lowest BCUT2D eigenvalue weighted by molar-refractivity contribution is -0.154. The van der Waals surface area contributed by atoms with Crippen molar-refractivity contribution in [2.24, 2.45) is 5.73 Å². The van der Waals surface area contributed by atoms with Crippen molar-refractivity contribution >= 4 is 13.8 Å². The molecule has 0 saturated heterocycles. The summed E-state index contributed by atoms with van der Waals surface area (Å²) in [5.74, 6) is -0.334. The molecule has 352 valence electrons. The van der Waals surface area contributed by atoms with Crippen LogP contribution < -0.4 is 5.73 Å². The Bertz CT molecular complexity index is 1060. The number of hydrogen-bond acceptors (Lipinski definition) is 7. The monoisotopic (exact) mass is 866 g/mol. The molecule has 0 bridgehead atoms. The Morgan fingerprint density at radius 1 is 0.517 bits per heavy atom. The maximum absolute atomic E-state index is 12.6. The highest BCUT2D eigenvalue weighted by Gasteiger charge is 2.25. The van der Waals surface area contributed by atoms with Gasteiger partial charge in [0.2, 0.25) is 0 Å². The lowest BCUT2D eigenvalue weighted by Crippen LogP contribution is -2.28. The van der Waals surface area contributed by atoms with Crippen molar-refractivity contribution in [2.45, 2.75) is 238 Å². The fourth-order valence-electron chi connectivity index (χ4n) is 7.07. The first kappa shape index (κ1) is 58.5. The second kappa shape index (κ2) is 48.5. The molecule has 0 fully saturated rings. The summed E-state index contributed by atoms with van der Waals surface area (Å²) < 4.78 is 33.5. The number of ether oxygens (including phenoxy) is 2. The van der Waals surface area contributed by atoms with Crippen molar-refractivity contribution in [2.75, 3.05) is 33.0 Å². The molecule has 2 unspecified atom stereocenters. The summed E-state index contributed by atoms with van der Waals surface area (Å²) in [6.45, 7) is 4.81. The van der Waals surface area contributed by atoms with Gasteiger partial charge >= 0.3 is 13.8 Å². The summed E-state index contributed by atoms with van der Waals surface area (Å²) >= 11 is 0. The first-order valence-electron chi connectivity index (χ1n) is 25.1. The highest BCUT2D eigenvalue weighted by atomic mass is 31.2. The minimum Gasteiger partial charge on any atom is -0.457 e. The standard InChI is InChI=1S/C51H96NO7P/c1-3-5-7-9-11-13-15-17-19-21-22-23-24-25-26-27-28-29-30-32-34-36-38-40-42-44-51(53)59-50(49-58-60(54,55)57-47-45-52)48-56-46-43-41-39-37-35-33-31-20-18-16-14-12-10-8-6-4-2/h6,8,12,14,18,20-22,50H,3-5,7,9-11,13,15-17,19,23-49,52H2,1-2H3,(H,54,55)/b8-6-,14-12-,20-18-,22-21-. The quantitative estimate of drug-likeness (QED) is 0.0269. The molecule has 0 aromatic heterocycles. The van der Waals surface area contributed by atoms with Crippen molar-refractivity contribution in [3.63, 3.8) is 0 Å². The summed E-state index contributed by atoms with van der Waals surface area (Å²) in [6.07, 6.45) is 58.6. The summed E-state index contributed by atoms with van der Waals surface area (Å²) in [5, 5.41) is 0. The maximum atomic E-state index is 12.6.